The van der Waals surface area contributed by atoms with E-state index in [2.05, 4.69) is 4.99 Å². The fraction of sp³-hybridized carbons (Fsp3) is 0.576. The van der Waals surface area contributed by atoms with Crippen molar-refractivity contribution < 1.29 is 49.4 Å². The van der Waals surface area contributed by atoms with Gasteiger partial charge in [0.05, 0.1) is 18.2 Å². The van der Waals surface area contributed by atoms with Crippen LogP contribution in [0.2, 0.25) is 0 Å². The molecule has 1 saturated carbocycles. The molecule has 244 valence electrons. The molecule has 6 rings (SSSR count). The predicted molar refractivity (Wildman–Crippen MR) is 163 cm³/mol. The first-order valence-electron chi connectivity index (χ1n) is 15.7. The highest BCUT2D eigenvalue weighted by Crippen LogP contribution is 2.45. The molecule has 8 unspecified atom stereocenters. The second-order valence-electron chi connectivity index (χ2n) is 13.0. The molecule has 6 N–H and O–H groups in total. The Balaban J connectivity index is 1.22. The first kappa shape index (κ1) is 32.0. The molecule has 1 aromatic carbocycles. The number of aliphatic imine (C=N–C) groups is 1. The van der Waals surface area contributed by atoms with E-state index in [1.54, 1.807) is 37.5 Å². The van der Waals surface area contributed by atoms with Gasteiger partial charge in [-0.05, 0) is 44.4 Å². The summed E-state index contributed by atoms with van der Waals surface area (Å²) in [5.74, 6) is 1.28. The first-order chi connectivity index (χ1) is 21.5. The number of aliphatic hydroxyl groups is 5. The summed E-state index contributed by atoms with van der Waals surface area (Å²) in [6, 6.07) is 4.76. The van der Waals surface area contributed by atoms with Crippen molar-refractivity contribution in [1.29, 1.82) is 0 Å². The first-order valence-corrected chi connectivity index (χ1v) is 15.7. The number of nitrogens with one attached hydrogen (secondary N) is 1. The van der Waals surface area contributed by atoms with E-state index in [-0.39, 0.29) is 23.9 Å². The maximum Gasteiger partial charge on any atom is 0.192 e. The van der Waals surface area contributed by atoms with E-state index in [1.165, 1.54) is 6.07 Å². The average Bonchev–Trinajstić information content (AvgIpc) is 3.65. The van der Waals surface area contributed by atoms with Crippen molar-refractivity contribution in [2.45, 2.75) is 94.0 Å². The molecule has 12 heteroatoms. The van der Waals surface area contributed by atoms with Crippen LogP contribution in [-0.4, -0.2) is 92.7 Å². The van der Waals surface area contributed by atoms with Gasteiger partial charge in [-0.15, -0.1) is 0 Å². The number of hydrogen-bond donors (Lipinski definition) is 6. The average molecular weight is 628 g/mol. The number of rotatable bonds is 11. The molecular formula is C33H43N2O10+. The Bertz CT molecular complexity index is 1550. The smallest absolute Gasteiger partial charge is 0.192 e. The second kappa shape index (κ2) is 12.7. The van der Waals surface area contributed by atoms with Crippen LogP contribution in [0.5, 0.6) is 5.75 Å². The zero-order valence-corrected chi connectivity index (χ0v) is 25.6. The van der Waals surface area contributed by atoms with Gasteiger partial charge in [-0.3, -0.25) is 14.7 Å². The molecule has 12 nitrogen and oxygen atoms in total. The van der Waals surface area contributed by atoms with E-state index in [4.69, 9.17) is 18.9 Å². The van der Waals surface area contributed by atoms with Gasteiger partial charge in [0.1, 0.15) is 66.0 Å². The van der Waals surface area contributed by atoms with E-state index in [0.29, 0.717) is 33.8 Å². The molecule has 1 aliphatic carbocycles. The third-order valence-electron chi connectivity index (χ3n) is 10.1. The molecule has 3 aliphatic heterocycles. The maximum atomic E-state index is 12.7. The lowest BCUT2D eigenvalue weighted by Crippen LogP contribution is -3.13. The minimum atomic E-state index is -2.29. The van der Waals surface area contributed by atoms with Crippen LogP contribution in [0.1, 0.15) is 50.4 Å². The Morgan fingerprint density at radius 1 is 1.18 bits per heavy atom. The fourth-order valence-corrected chi connectivity index (χ4v) is 7.29. The lowest BCUT2D eigenvalue weighted by molar-refractivity contribution is -0.861. The Kier molecular flexibility index (Phi) is 9.03. The van der Waals surface area contributed by atoms with Crippen molar-refractivity contribution >= 4 is 16.7 Å². The Hall–Kier alpha value is -2.94. The molecule has 2 aromatic rings. The minimum Gasteiger partial charge on any atom is -0.484 e. The van der Waals surface area contributed by atoms with Crippen LogP contribution in [0.25, 0.3) is 11.0 Å². The monoisotopic (exact) mass is 627 g/mol. The highest BCUT2D eigenvalue weighted by molar-refractivity contribution is 6.02. The molecule has 0 spiro atoms. The molecule has 1 fully saturated rings. The standard InChI is InChI=1S/C33H42N2O10/c1-19-12-25(37)22-13-20-14-30(32(2,21-6-4-3-5-7-21)44-27(20)15-28(22)43-19)45-42-17-29(39)33(41,31(40)26(38)16-36)18-35-11-9-23-24(35)8-10-34-23/h8-13,15,21,24,26,29-31,36,38-41H,3-7,14,16-18H2,1-2H3/p+1. The third-order valence-corrected chi connectivity index (χ3v) is 10.1. The van der Waals surface area contributed by atoms with Crippen molar-refractivity contribution in [2.75, 3.05) is 19.8 Å². The zero-order valence-electron chi connectivity index (χ0n) is 25.6. The topological polar surface area (TPSA) is 176 Å². The lowest BCUT2D eigenvalue weighted by atomic mass is 9.72. The normalized spacial score (nSPS) is 29.5. The fourth-order valence-electron chi connectivity index (χ4n) is 7.29. The van der Waals surface area contributed by atoms with Crippen molar-refractivity contribution in [2.24, 2.45) is 10.9 Å². The van der Waals surface area contributed by atoms with Crippen molar-refractivity contribution in [3.63, 3.8) is 0 Å². The van der Waals surface area contributed by atoms with Crippen molar-refractivity contribution in [3.8, 4) is 5.75 Å². The third kappa shape index (κ3) is 6.01. The van der Waals surface area contributed by atoms with E-state index in [1.807, 2.05) is 13.0 Å². The van der Waals surface area contributed by atoms with Gasteiger partial charge in [0, 0.05) is 36.7 Å². The number of hydrogen-bond acceptors (Lipinski definition) is 11. The van der Waals surface area contributed by atoms with Crippen LogP contribution in [0, 0.1) is 12.8 Å². The molecule has 4 heterocycles. The SMILES string of the molecule is Cc1cc(=O)c2cc3c(cc2o1)OC(C)(C1CCCCC1)C(OOCC(O)C(O)(C[NH+]1C=CC2=NC=CC21)C(O)C(O)CO)C3. The molecule has 45 heavy (non-hydrogen) atoms. The summed E-state index contributed by atoms with van der Waals surface area (Å²) in [7, 11) is 0. The Morgan fingerprint density at radius 2 is 1.96 bits per heavy atom. The highest BCUT2D eigenvalue weighted by atomic mass is 17.2. The summed E-state index contributed by atoms with van der Waals surface area (Å²) >= 11 is 0. The number of quaternary nitrogens is 1. The van der Waals surface area contributed by atoms with Gasteiger partial charge in [-0.2, -0.15) is 0 Å². The molecule has 0 amide bonds. The van der Waals surface area contributed by atoms with Crippen LogP contribution >= 0.6 is 0 Å². The lowest BCUT2D eigenvalue weighted by Gasteiger charge is -2.47. The summed E-state index contributed by atoms with van der Waals surface area (Å²) in [4.78, 5) is 29.3. The Morgan fingerprint density at radius 3 is 2.71 bits per heavy atom. The van der Waals surface area contributed by atoms with Crippen LogP contribution in [0.15, 0.2) is 57.0 Å². The summed E-state index contributed by atoms with van der Waals surface area (Å²) in [6.07, 6.45) is 6.59. The number of benzene rings is 1. The molecule has 0 saturated heterocycles. The van der Waals surface area contributed by atoms with Crippen LogP contribution in [0.4, 0.5) is 0 Å². The molecule has 8 atom stereocenters. The number of fused-ring (bicyclic) bond motifs is 3. The number of nitrogens with zero attached hydrogens (tertiary/aromatic N) is 1. The largest absolute Gasteiger partial charge is 0.484 e. The van der Waals surface area contributed by atoms with E-state index in [0.717, 1.165) is 43.4 Å². The molecular weight excluding hydrogens is 584 g/mol. The van der Waals surface area contributed by atoms with Crippen LogP contribution in [-0.2, 0) is 16.2 Å². The highest BCUT2D eigenvalue weighted by Gasteiger charge is 2.52. The van der Waals surface area contributed by atoms with Crippen molar-refractivity contribution in [3.05, 3.63) is 64.3 Å². The summed E-state index contributed by atoms with van der Waals surface area (Å²) < 4.78 is 12.5. The zero-order chi connectivity index (χ0) is 31.9. The van der Waals surface area contributed by atoms with Crippen LogP contribution in [0.3, 0.4) is 0 Å². The van der Waals surface area contributed by atoms with E-state index in [9.17, 15) is 30.3 Å². The molecule has 0 radical (unpaired) electrons. The minimum absolute atomic E-state index is 0.150. The van der Waals surface area contributed by atoms with Gasteiger partial charge < -0.3 is 34.7 Å². The van der Waals surface area contributed by atoms with Gasteiger partial charge in [-0.25, -0.2) is 9.78 Å². The predicted octanol–water partition coefficient (Wildman–Crippen LogP) is 0.247. The second-order valence-corrected chi connectivity index (χ2v) is 13.0. The van der Waals surface area contributed by atoms with Gasteiger partial charge in [-0.1, -0.05) is 19.3 Å². The number of aryl methyl sites for hydroxylation is 1. The van der Waals surface area contributed by atoms with Crippen molar-refractivity contribution in [1.82, 2.24) is 0 Å². The summed E-state index contributed by atoms with van der Waals surface area (Å²) in [5.41, 5.74) is -1.27. The number of ether oxygens (including phenoxy) is 1. The van der Waals surface area contributed by atoms with Gasteiger partial charge in [0.2, 0.25) is 0 Å². The quantitative estimate of drug-likeness (QED) is 0.150. The van der Waals surface area contributed by atoms with E-state index < -0.39 is 48.8 Å². The maximum absolute atomic E-state index is 12.7. The summed E-state index contributed by atoms with van der Waals surface area (Å²) in [6.45, 7) is 2.14. The summed E-state index contributed by atoms with van der Waals surface area (Å²) in [5, 5.41) is 54.0. The van der Waals surface area contributed by atoms with Crippen LogP contribution < -0.4 is 15.1 Å². The van der Waals surface area contributed by atoms with Gasteiger partial charge in [0.25, 0.3) is 0 Å². The molecule has 0 bridgehead atoms. The van der Waals surface area contributed by atoms with E-state index >= 15 is 0 Å². The van der Waals surface area contributed by atoms with Gasteiger partial charge in [0.15, 0.2) is 17.1 Å². The van der Waals surface area contributed by atoms with Gasteiger partial charge >= 0.3 is 0 Å². The molecule has 1 aromatic heterocycles. The molecule has 4 aliphatic rings. The number of aliphatic hydroxyl groups excluding tert-OH is 4. The Labute approximate surface area is 260 Å².